The van der Waals surface area contributed by atoms with E-state index in [-0.39, 0.29) is 12.5 Å². The number of rotatable bonds is 8. The Kier molecular flexibility index (Phi) is 6.79. The van der Waals surface area contributed by atoms with Gasteiger partial charge >= 0.3 is 6.18 Å². The number of para-hydroxylation sites is 1. The zero-order valence-electron chi connectivity index (χ0n) is 18.4. The number of ketones is 1. The van der Waals surface area contributed by atoms with Gasteiger partial charge in [-0.05, 0) is 42.0 Å². The molecule has 0 radical (unpaired) electrons. The zero-order valence-corrected chi connectivity index (χ0v) is 18.4. The van der Waals surface area contributed by atoms with Gasteiger partial charge in [-0.15, -0.1) is 0 Å². The smallest absolute Gasteiger partial charge is 0.300 e. The second-order valence-electron chi connectivity index (χ2n) is 8.82. The average Bonchev–Trinajstić information content (AvgIpc) is 2.78. The Bertz CT molecular complexity index is 1120. The van der Waals surface area contributed by atoms with Crippen LogP contribution in [-0.2, 0) is 6.18 Å². The van der Waals surface area contributed by atoms with Crippen LogP contribution in [0.25, 0.3) is 22.0 Å². The van der Waals surface area contributed by atoms with Crippen LogP contribution in [0.5, 0.6) is 0 Å². The molecule has 7 heteroatoms. The number of fused-ring (bicyclic) bond motifs is 1. The number of carbonyl (C=O) groups excluding carboxylic acids is 1. The number of carbonyl (C=O) groups is 1. The molecule has 0 N–H and O–H groups in total. The summed E-state index contributed by atoms with van der Waals surface area (Å²) in [5, 5.41) is 0.771. The number of Topliss-reactive ketones (excluding diaryl/α,β-unsaturated/α-hetero) is 1. The number of aromatic nitrogens is 1. The molecule has 1 aliphatic heterocycles. The lowest BCUT2D eigenvalue weighted by atomic mass is 9.83. The molecule has 1 atom stereocenters. The molecule has 2 heterocycles. The lowest BCUT2D eigenvalue weighted by Crippen LogP contribution is -2.50. The lowest BCUT2D eigenvalue weighted by molar-refractivity contribution is -0.137. The topological polar surface area (TPSA) is 33.2 Å². The molecule has 0 aliphatic carbocycles. The molecule has 4 rings (SSSR count). The number of hydrogen-bond acceptors (Lipinski definition) is 3. The first kappa shape index (κ1) is 23.4. The fraction of sp³-hybridized carbons (Fsp3) is 0.385. The first-order valence-electron chi connectivity index (χ1n) is 11.1. The molecule has 1 saturated heterocycles. The van der Waals surface area contributed by atoms with E-state index in [1.165, 1.54) is 12.1 Å². The van der Waals surface area contributed by atoms with E-state index >= 15 is 0 Å². The number of pyridine rings is 1. The Morgan fingerprint density at radius 3 is 2.55 bits per heavy atom. The highest BCUT2D eigenvalue weighted by atomic mass is 19.4. The minimum Gasteiger partial charge on any atom is -0.300 e. The van der Waals surface area contributed by atoms with Gasteiger partial charge < -0.3 is 4.90 Å². The highest BCUT2D eigenvalue weighted by molar-refractivity contribution is 6.01. The maximum atomic E-state index is 12.9. The summed E-state index contributed by atoms with van der Waals surface area (Å²) in [5.41, 5.74) is 1.84. The quantitative estimate of drug-likeness (QED) is 0.288. The summed E-state index contributed by atoms with van der Waals surface area (Å²) in [5.74, 6) is 0.922. The second-order valence-corrected chi connectivity index (χ2v) is 8.82. The van der Waals surface area contributed by atoms with Crippen molar-refractivity contribution in [3.05, 3.63) is 65.9 Å². The lowest BCUT2D eigenvalue weighted by Gasteiger charge is -2.42. The molecular formula is C26H26F4N2O. The van der Waals surface area contributed by atoms with Gasteiger partial charge in [0.2, 0.25) is 0 Å². The van der Waals surface area contributed by atoms with Crippen molar-refractivity contribution >= 4 is 16.7 Å². The van der Waals surface area contributed by atoms with Crippen LogP contribution in [0.15, 0.2) is 54.7 Å². The molecule has 1 aliphatic rings. The molecular weight excluding hydrogens is 432 g/mol. The molecule has 0 unspecified atom stereocenters. The molecule has 0 spiro atoms. The van der Waals surface area contributed by atoms with E-state index in [4.69, 9.17) is 0 Å². The Hall–Kier alpha value is -2.80. The fourth-order valence-electron chi connectivity index (χ4n) is 4.40. The van der Waals surface area contributed by atoms with Crippen molar-refractivity contribution in [3.8, 4) is 11.1 Å². The van der Waals surface area contributed by atoms with Gasteiger partial charge in [-0.2, -0.15) is 13.2 Å². The highest BCUT2D eigenvalue weighted by Crippen LogP contribution is 2.33. The summed E-state index contributed by atoms with van der Waals surface area (Å²) in [6.07, 6.45) is -1.63. The van der Waals surface area contributed by atoms with Gasteiger partial charge in [0.1, 0.15) is 6.67 Å². The van der Waals surface area contributed by atoms with E-state index in [0.717, 1.165) is 42.6 Å². The molecule has 0 bridgehead atoms. The van der Waals surface area contributed by atoms with Gasteiger partial charge in [-0.1, -0.05) is 37.3 Å². The van der Waals surface area contributed by atoms with Gasteiger partial charge in [0, 0.05) is 48.8 Å². The first-order valence-corrected chi connectivity index (χ1v) is 11.1. The number of halogens is 4. The van der Waals surface area contributed by atoms with Crippen LogP contribution in [0, 0.1) is 11.8 Å². The standard InChI is InChI=1S/C26H26F4N2O/c1-17(21-15-32(16-21)12-11-27)5-10-24(33)20-13-19-3-2-4-23(25(19)31-14-20)18-6-8-22(9-7-18)26(28,29)30/h2-4,6-9,13-14,17,21H,5,10-12,15-16H2,1H3/t17-/m1/s1. The van der Waals surface area contributed by atoms with E-state index in [9.17, 15) is 22.4 Å². The van der Waals surface area contributed by atoms with Gasteiger partial charge in [-0.25, -0.2) is 4.39 Å². The highest BCUT2D eigenvalue weighted by Gasteiger charge is 2.31. The summed E-state index contributed by atoms with van der Waals surface area (Å²) in [6, 6.07) is 12.3. The molecule has 1 fully saturated rings. The van der Waals surface area contributed by atoms with E-state index in [2.05, 4.69) is 16.8 Å². The molecule has 3 aromatic rings. The van der Waals surface area contributed by atoms with E-state index < -0.39 is 11.7 Å². The minimum atomic E-state index is -4.38. The number of benzene rings is 2. The van der Waals surface area contributed by atoms with Crippen LogP contribution in [0.4, 0.5) is 17.6 Å². The number of hydrogen-bond donors (Lipinski definition) is 0. The van der Waals surface area contributed by atoms with E-state index in [1.807, 2.05) is 18.2 Å². The van der Waals surface area contributed by atoms with Crippen molar-refractivity contribution in [1.29, 1.82) is 0 Å². The Morgan fingerprint density at radius 1 is 1.15 bits per heavy atom. The molecule has 0 saturated carbocycles. The van der Waals surface area contributed by atoms with Gasteiger partial charge in [0.05, 0.1) is 11.1 Å². The van der Waals surface area contributed by atoms with Crippen molar-refractivity contribution in [2.45, 2.75) is 25.9 Å². The molecule has 1 aromatic heterocycles. The van der Waals surface area contributed by atoms with E-state index in [0.29, 0.717) is 41.4 Å². The van der Waals surface area contributed by atoms with Crippen LogP contribution >= 0.6 is 0 Å². The minimum absolute atomic E-state index is 0.0242. The van der Waals surface area contributed by atoms with Crippen LogP contribution in [0.1, 0.15) is 35.7 Å². The predicted octanol–water partition coefficient (Wildman–Crippen LogP) is 6.42. The van der Waals surface area contributed by atoms with Crippen molar-refractivity contribution in [3.63, 3.8) is 0 Å². The molecule has 3 nitrogen and oxygen atoms in total. The third-order valence-electron chi connectivity index (χ3n) is 6.57. The largest absolute Gasteiger partial charge is 0.416 e. The zero-order chi connectivity index (χ0) is 23.6. The van der Waals surface area contributed by atoms with Crippen LogP contribution < -0.4 is 0 Å². The van der Waals surface area contributed by atoms with Crippen LogP contribution in [0.2, 0.25) is 0 Å². The van der Waals surface area contributed by atoms with Crippen LogP contribution in [0.3, 0.4) is 0 Å². The molecule has 33 heavy (non-hydrogen) atoms. The summed E-state index contributed by atoms with van der Waals surface area (Å²) >= 11 is 0. The van der Waals surface area contributed by atoms with Crippen molar-refractivity contribution < 1.29 is 22.4 Å². The maximum absolute atomic E-state index is 12.9. The maximum Gasteiger partial charge on any atom is 0.416 e. The normalized spacial score (nSPS) is 16.0. The average molecular weight is 458 g/mol. The SMILES string of the molecule is C[C@H](CCC(=O)c1cnc2c(-c3ccc(C(F)(F)F)cc3)cccc2c1)C1CN(CCF)C1. The predicted molar refractivity (Wildman–Crippen MR) is 121 cm³/mol. The van der Waals surface area contributed by atoms with E-state index in [1.54, 1.807) is 12.3 Å². The van der Waals surface area contributed by atoms with Crippen LogP contribution in [-0.4, -0.2) is 42.0 Å². The molecule has 174 valence electrons. The number of alkyl halides is 4. The molecule has 2 aromatic carbocycles. The Labute approximate surface area is 190 Å². The van der Waals surface area contributed by atoms with Gasteiger partial charge in [0.25, 0.3) is 0 Å². The monoisotopic (exact) mass is 458 g/mol. The van der Waals surface area contributed by atoms with Gasteiger partial charge in [0.15, 0.2) is 5.78 Å². The summed E-state index contributed by atoms with van der Waals surface area (Å²) in [7, 11) is 0. The summed E-state index contributed by atoms with van der Waals surface area (Å²) < 4.78 is 51.0. The Morgan fingerprint density at radius 2 is 1.88 bits per heavy atom. The fourth-order valence-corrected chi connectivity index (χ4v) is 4.40. The van der Waals surface area contributed by atoms with Crippen molar-refractivity contribution in [2.75, 3.05) is 26.3 Å². The summed E-state index contributed by atoms with van der Waals surface area (Å²) in [6.45, 7) is 4.08. The summed E-state index contributed by atoms with van der Waals surface area (Å²) in [4.78, 5) is 19.3. The Balaban J connectivity index is 1.45. The van der Waals surface area contributed by atoms with Crippen molar-refractivity contribution in [2.24, 2.45) is 11.8 Å². The number of nitrogens with zero attached hydrogens (tertiary/aromatic N) is 2. The first-order chi connectivity index (χ1) is 15.8. The van der Waals surface area contributed by atoms with Crippen molar-refractivity contribution in [1.82, 2.24) is 9.88 Å². The third kappa shape index (κ3) is 5.24. The second kappa shape index (κ2) is 9.59. The third-order valence-corrected chi connectivity index (χ3v) is 6.57. The van der Waals surface area contributed by atoms with Gasteiger partial charge in [-0.3, -0.25) is 9.78 Å². The molecule has 0 amide bonds. The number of likely N-dealkylation sites (tertiary alicyclic amines) is 1.